The lowest BCUT2D eigenvalue weighted by Crippen LogP contribution is -2.38. The second kappa shape index (κ2) is 5.32. The Morgan fingerprint density at radius 1 is 1.31 bits per heavy atom. The molecule has 0 aromatic carbocycles. The molecule has 94 valence electrons. The standard InChI is InChI=1S/C12H22O4/c1-9(16-8-13)11(2,3)7-12(4,5)10(14)15-6/h8-9H,7H2,1-6H3. The molecule has 0 aliphatic rings. The van der Waals surface area contributed by atoms with Crippen LogP contribution in [0.1, 0.15) is 41.0 Å². The minimum atomic E-state index is -0.585. The Morgan fingerprint density at radius 3 is 2.19 bits per heavy atom. The minimum absolute atomic E-state index is 0.242. The van der Waals surface area contributed by atoms with Gasteiger partial charge in [-0.25, -0.2) is 0 Å². The van der Waals surface area contributed by atoms with Crippen molar-refractivity contribution in [2.45, 2.75) is 47.1 Å². The van der Waals surface area contributed by atoms with Gasteiger partial charge in [0.15, 0.2) is 0 Å². The monoisotopic (exact) mass is 230 g/mol. The predicted octanol–water partition coefficient (Wildman–Crippen LogP) is 2.16. The molecule has 0 spiro atoms. The number of hydrogen-bond donors (Lipinski definition) is 0. The fourth-order valence-electron chi connectivity index (χ4n) is 1.90. The molecule has 0 saturated heterocycles. The van der Waals surface area contributed by atoms with Gasteiger partial charge in [0.05, 0.1) is 12.5 Å². The van der Waals surface area contributed by atoms with Gasteiger partial charge in [-0.15, -0.1) is 0 Å². The molecule has 0 fully saturated rings. The van der Waals surface area contributed by atoms with Crippen LogP contribution in [0.15, 0.2) is 0 Å². The lowest BCUT2D eigenvalue weighted by molar-refractivity contribution is -0.154. The molecule has 0 saturated carbocycles. The number of hydrogen-bond acceptors (Lipinski definition) is 4. The predicted molar refractivity (Wildman–Crippen MR) is 60.8 cm³/mol. The van der Waals surface area contributed by atoms with Gasteiger partial charge in [-0.3, -0.25) is 9.59 Å². The maximum absolute atomic E-state index is 11.6. The first-order chi connectivity index (χ1) is 7.17. The topological polar surface area (TPSA) is 52.6 Å². The van der Waals surface area contributed by atoms with E-state index in [-0.39, 0.29) is 17.5 Å². The van der Waals surface area contributed by atoms with Crippen LogP contribution in [0.3, 0.4) is 0 Å². The van der Waals surface area contributed by atoms with Crippen molar-refractivity contribution in [3.05, 3.63) is 0 Å². The van der Waals surface area contributed by atoms with E-state index in [0.29, 0.717) is 12.9 Å². The van der Waals surface area contributed by atoms with E-state index in [0.717, 1.165) is 0 Å². The normalized spacial score (nSPS) is 14.1. The third-order valence-electron chi connectivity index (χ3n) is 3.00. The third-order valence-corrected chi connectivity index (χ3v) is 3.00. The van der Waals surface area contributed by atoms with Crippen molar-refractivity contribution in [2.75, 3.05) is 7.11 Å². The Morgan fingerprint density at radius 2 is 1.81 bits per heavy atom. The van der Waals surface area contributed by atoms with E-state index in [9.17, 15) is 9.59 Å². The average molecular weight is 230 g/mol. The van der Waals surface area contributed by atoms with Crippen molar-refractivity contribution >= 4 is 12.4 Å². The van der Waals surface area contributed by atoms with Crippen LogP contribution >= 0.6 is 0 Å². The number of rotatable bonds is 6. The van der Waals surface area contributed by atoms with E-state index in [1.807, 2.05) is 34.6 Å². The zero-order chi connectivity index (χ0) is 13.0. The summed E-state index contributed by atoms with van der Waals surface area (Å²) in [5, 5.41) is 0. The highest BCUT2D eigenvalue weighted by atomic mass is 16.5. The number of carbonyl (C=O) groups excluding carboxylic acids is 2. The lowest BCUT2D eigenvalue weighted by Gasteiger charge is -2.36. The number of ether oxygens (including phenoxy) is 2. The van der Waals surface area contributed by atoms with E-state index in [2.05, 4.69) is 0 Å². The highest BCUT2D eigenvalue weighted by Crippen LogP contribution is 2.37. The summed E-state index contributed by atoms with van der Waals surface area (Å²) in [5.74, 6) is -0.251. The van der Waals surface area contributed by atoms with Crippen LogP contribution in [0.2, 0.25) is 0 Å². The molecule has 0 radical (unpaired) electrons. The Balaban J connectivity index is 4.68. The minimum Gasteiger partial charge on any atom is -0.469 e. The number of esters is 1. The van der Waals surface area contributed by atoms with Crippen LogP contribution in [-0.2, 0) is 19.1 Å². The van der Waals surface area contributed by atoms with Gasteiger partial charge >= 0.3 is 5.97 Å². The van der Waals surface area contributed by atoms with Gasteiger partial charge in [0.25, 0.3) is 6.47 Å². The highest BCUT2D eigenvalue weighted by molar-refractivity contribution is 5.75. The van der Waals surface area contributed by atoms with E-state index in [1.54, 1.807) is 0 Å². The lowest BCUT2D eigenvalue weighted by atomic mass is 9.72. The third kappa shape index (κ3) is 3.83. The highest BCUT2D eigenvalue weighted by Gasteiger charge is 2.39. The summed E-state index contributed by atoms with van der Waals surface area (Å²) >= 11 is 0. The second-order valence-electron chi connectivity index (χ2n) is 5.42. The summed E-state index contributed by atoms with van der Waals surface area (Å²) in [6.07, 6.45) is 0.343. The van der Waals surface area contributed by atoms with Gasteiger partial charge in [-0.2, -0.15) is 0 Å². The average Bonchev–Trinajstić information content (AvgIpc) is 2.15. The van der Waals surface area contributed by atoms with Crippen LogP contribution in [0.5, 0.6) is 0 Å². The van der Waals surface area contributed by atoms with Crippen LogP contribution in [0.4, 0.5) is 0 Å². The van der Waals surface area contributed by atoms with E-state index < -0.39 is 5.41 Å². The van der Waals surface area contributed by atoms with Gasteiger partial charge in [0.1, 0.15) is 6.10 Å². The Hall–Kier alpha value is -1.06. The first-order valence-corrected chi connectivity index (χ1v) is 5.35. The molecule has 0 rings (SSSR count). The van der Waals surface area contributed by atoms with Crippen LogP contribution < -0.4 is 0 Å². The fourth-order valence-corrected chi connectivity index (χ4v) is 1.90. The molecular formula is C12H22O4. The van der Waals surface area contributed by atoms with E-state index in [1.165, 1.54) is 7.11 Å². The van der Waals surface area contributed by atoms with Crippen molar-refractivity contribution < 1.29 is 19.1 Å². The summed E-state index contributed by atoms with van der Waals surface area (Å²) in [6.45, 7) is 9.85. The maximum atomic E-state index is 11.6. The first-order valence-electron chi connectivity index (χ1n) is 5.35. The SMILES string of the molecule is COC(=O)C(C)(C)CC(C)(C)C(C)OC=O. The molecule has 0 aromatic rings. The zero-order valence-electron chi connectivity index (χ0n) is 11.0. The van der Waals surface area contributed by atoms with Gasteiger partial charge < -0.3 is 9.47 Å². The summed E-state index contributed by atoms with van der Waals surface area (Å²) < 4.78 is 9.68. The maximum Gasteiger partial charge on any atom is 0.311 e. The van der Waals surface area contributed by atoms with Crippen molar-refractivity contribution in [2.24, 2.45) is 10.8 Å². The first kappa shape index (κ1) is 14.9. The molecule has 0 heterocycles. The molecule has 0 N–H and O–H groups in total. The number of carbonyl (C=O) groups is 2. The molecule has 0 aliphatic carbocycles. The molecule has 16 heavy (non-hydrogen) atoms. The summed E-state index contributed by atoms with van der Waals surface area (Å²) in [7, 11) is 1.38. The molecule has 1 unspecified atom stereocenters. The van der Waals surface area contributed by atoms with Crippen LogP contribution in [-0.4, -0.2) is 25.7 Å². The quantitative estimate of drug-likeness (QED) is 0.518. The van der Waals surface area contributed by atoms with Gasteiger partial charge in [-0.05, 0) is 27.2 Å². The molecule has 0 aliphatic heterocycles. The Labute approximate surface area is 97.3 Å². The van der Waals surface area contributed by atoms with Crippen molar-refractivity contribution in [1.29, 1.82) is 0 Å². The molecule has 4 nitrogen and oxygen atoms in total. The van der Waals surface area contributed by atoms with Gasteiger partial charge in [0, 0.05) is 5.41 Å². The summed E-state index contributed by atoms with van der Waals surface area (Å²) in [5.41, 5.74) is -0.864. The van der Waals surface area contributed by atoms with Crippen LogP contribution in [0, 0.1) is 10.8 Å². The zero-order valence-corrected chi connectivity index (χ0v) is 11.0. The summed E-state index contributed by atoms with van der Waals surface area (Å²) in [4.78, 5) is 21.9. The number of methoxy groups -OCH3 is 1. The molecule has 0 bridgehead atoms. The van der Waals surface area contributed by atoms with Crippen molar-refractivity contribution in [3.63, 3.8) is 0 Å². The van der Waals surface area contributed by atoms with Crippen LogP contribution in [0.25, 0.3) is 0 Å². The van der Waals surface area contributed by atoms with E-state index >= 15 is 0 Å². The second-order valence-corrected chi connectivity index (χ2v) is 5.42. The molecule has 1 atom stereocenters. The smallest absolute Gasteiger partial charge is 0.311 e. The van der Waals surface area contributed by atoms with Gasteiger partial charge in [0.2, 0.25) is 0 Å². The van der Waals surface area contributed by atoms with Gasteiger partial charge in [-0.1, -0.05) is 13.8 Å². The van der Waals surface area contributed by atoms with E-state index in [4.69, 9.17) is 9.47 Å². The summed E-state index contributed by atoms with van der Waals surface area (Å²) in [6, 6.07) is 0. The van der Waals surface area contributed by atoms with Crippen molar-refractivity contribution in [1.82, 2.24) is 0 Å². The molecule has 0 aromatic heterocycles. The Bertz CT molecular complexity index is 256. The fraction of sp³-hybridized carbons (Fsp3) is 0.833. The van der Waals surface area contributed by atoms with Crippen molar-refractivity contribution in [3.8, 4) is 0 Å². The molecular weight excluding hydrogens is 208 g/mol. The molecule has 4 heteroatoms. The largest absolute Gasteiger partial charge is 0.469 e. The Kier molecular flexibility index (Phi) is 4.97. The molecule has 0 amide bonds.